The van der Waals surface area contributed by atoms with Crippen LogP contribution >= 0.6 is 0 Å². The van der Waals surface area contributed by atoms with E-state index in [-0.39, 0.29) is 5.41 Å². The van der Waals surface area contributed by atoms with Crippen molar-refractivity contribution in [2.45, 2.75) is 19.3 Å². The van der Waals surface area contributed by atoms with Gasteiger partial charge < -0.3 is 9.84 Å². The highest BCUT2D eigenvalue weighted by Crippen LogP contribution is 2.24. The fraction of sp³-hybridized carbons (Fsp3) is 0.455. The number of aromatic hydroxyl groups is 1. The van der Waals surface area contributed by atoms with Gasteiger partial charge in [0.15, 0.2) is 0 Å². The molecule has 0 aromatic heterocycles. The fourth-order valence-electron chi connectivity index (χ4n) is 1.36. The van der Waals surface area contributed by atoms with E-state index in [1.807, 2.05) is 12.1 Å². The Kier molecular flexibility index (Phi) is 2.94. The topological polar surface area (TPSA) is 29.5 Å². The lowest BCUT2D eigenvalue weighted by Crippen LogP contribution is -2.23. The lowest BCUT2D eigenvalue weighted by atomic mass is 9.85. The first-order valence-corrected chi connectivity index (χ1v) is 4.35. The number of hydrogen-bond donors (Lipinski definition) is 1. The Hall–Kier alpha value is -1.02. The van der Waals surface area contributed by atoms with Crippen molar-refractivity contribution in [3.63, 3.8) is 0 Å². The maximum Gasteiger partial charge on any atom is 0.115 e. The Balaban J connectivity index is 2.87. The van der Waals surface area contributed by atoms with E-state index >= 15 is 0 Å². The second-order valence-electron chi connectivity index (χ2n) is 3.86. The highest BCUT2D eigenvalue weighted by atomic mass is 16.5. The Labute approximate surface area is 79.2 Å². The van der Waals surface area contributed by atoms with Crippen molar-refractivity contribution in [2.75, 3.05) is 13.7 Å². The number of phenols is 1. The van der Waals surface area contributed by atoms with Crippen LogP contribution in [0.5, 0.6) is 5.75 Å². The van der Waals surface area contributed by atoms with Gasteiger partial charge in [-0.25, -0.2) is 0 Å². The molecular formula is C11H16O2. The lowest BCUT2D eigenvalue weighted by molar-refractivity contribution is 0.146. The summed E-state index contributed by atoms with van der Waals surface area (Å²) in [5.74, 6) is 0.303. The van der Waals surface area contributed by atoms with E-state index in [1.54, 1.807) is 19.2 Å². The Morgan fingerprint density at radius 2 is 1.77 bits per heavy atom. The zero-order valence-corrected chi connectivity index (χ0v) is 8.37. The normalized spacial score (nSPS) is 11.6. The molecule has 1 aromatic rings. The van der Waals surface area contributed by atoms with E-state index < -0.39 is 0 Å². The molecule has 0 bridgehead atoms. The third kappa shape index (κ3) is 2.46. The quantitative estimate of drug-likeness (QED) is 0.773. The van der Waals surface area contributed by atoms with Crippen LogP contribution in [0.3, 0.4) is 0 Å². The molecule has 0 saturated heterocycles. The molecule has 2 heteroatoms. The molecule has 13 heavy (non-hydrogen) atoms. The van der Waals surface area contributed by atoms with Crippen LogP contribution in [0.4, 0.5) is 0 Å². The molecule has 0 aliphatic carbocycles. The third-order valence-electron chi connectivity index (χ3n) is 2.15. The predicted molar refractivity (Wildman–Crippen MR) is 53.0 cm³/mol. The van der Waals surface area contributed by atoms with E-state index in [2.05, 4.69) is 13.8 Å². The van der Waals surface area contributed by atoms with Crippen molar-refractivity contribution < 1.29 is 9.84 Å². The average molecular weight is 180 g/mol. The van der Waals surface area contributed by atoms with E-state index in [1.165, 1.54) is 5.56 Å². The number of methoxy groups -OCH3 is 1. The summed E-state index contributed by atoms with van der Waals surface area (Å²) in [5, 5.41) is 9.12. The zero-order chi connectivity index (χ0) is 9.90. The number of ether oxygens (including phenoxy) is 1. The summed E-state index contributed by atoms with van der Waals surface area (Å²) in [7, 11) is 1.70. The highest BCUT2D eigenvalue weighted by Gasteiger charge is 2.19. The van der Waals surface area contributed by atoms with Gasteiger partial charge >= 0.3 is 0 Å². The number of benzene rings is 1. The first-order valence-electron chi connectivity index (χ1n) is 4.35. The highest BCUT2D eigenvalue weighted by molar-refractivity contribution is 5.30. The summed E-state index contributed by atoms with van der Waals surface area (Å²) in [5.41, 5.74) is 1.18. The van der Waals surface area contributed by atoms with Crippen molar-refractivity contribution in [2.24, 2.45) is 0 Å². The lowest BCUT2D eigenvalue weighted by Gasteiger charge is -2.24. The van der Waals surface area contributed by atoms with E-state index in [0.29, 0.717) is 12.4 Å². The molecular weight excluding hydrogens is 164 g/mol. The summed E-state index contributed by atoms with van der Waals surface area (Å²) in [6, 6.07) is 7.25. The molecule has 0 saturated carbocycles. The Morgan fingerprint density at radius 1 is 1.23 bits per heavy atom. The van der Waals surface area contributed by atoms with Gasteiger partial charge in [0.25, 0.3) is 0 Å². The summed E-state index contributed by atoms with van der Waals surface area (Å²) >= 11 is 0. The molecule has 2 nitrogen and oxygen atoms in total. The molecule has 1 N–H and O–H groups in total. The van der Waals surface area contributed by atoms with Crippen molar-refractivity contribution in [3.8, 4) is 5.75 Å². The van der Waals surface area contributed by atoms with Gasteiger partial charge in [-0.2, -0.15) is 0 Å². The predicted octanol–water partition coefficient (Wildman–Crippen LogP) is 2.32. The zero-order valence-electron chi connectivity index (χ0n) is 8.37. The van der Waals surface area contributed by atoms with E-state index in [0.717, 1.165) is 0 Å². The monoisotopic (exact) mass is 180 g/mol. The van der Waals surface area contributed by atoms with E-state index in [9.17, 15) is 0 Å². The molecule has 0 unspecified atom stereocenters. The van der Waals surface area contributed by atoms with Gasteiger partial charge in [-0.15, -0.1) is 0 Å². The van der Waals surface area contributed by atoms with Crippen LogP contribution < -0.4 is 0 Å². The van der Waals surface area contributed by atoms with Gasteiger partial charge in [-0.3, -0.25) is 0 Å². The van der Waals surface area contributed by atoms with Crippen molar-refractivity contribution >= 4 is 0 Å². The second-order valence-corrected chi connectivity index (χ2v) is 3.86. The molecule has 1 rings (SSSR count). The minimum absolute atomic E-state index is 0.00243. The molecule has 0 atom stereocenters. The van der Waals surface area contributed by atoms with Crippen molar-refractivity contribution in [1.29, 1.82) is 0 Å². The summed E-state index contributed by atoms with van der Waals surface area (Å²) in [6.07, 6.45) is 0. The maximum absolute atomic E-state index is 9.12. The molecule has 72 valence electrons. The largest absolute Gasteiger partial charge is 0.508 e. The fourth-order valence-corrected chi connectivity index (χ4v) is 1.36. The molecule has 0 fully saturated rings. The average Bonchev–Trinajstić information content (AvgIpc) is 2.05. The Morgan fingerprint density at radius 3 is 2.23 bits per heavy atom. The van der Waals surface area contributed by atoms with E-state index in [4.69, 9.17) is 9.84 Å². The first kappa shape index (κ1) is 10.1. The van der Waals surface area contributed by atoms with Crippen LogP contribution in [-0.2, 0) is 10.2 Å². The van der Waals surface area contributed by atoms with Gasteiger partial charge in [0.1, 0.15) is 5.75 Å². The van der Waals surface area contributed by atoms with Crippen LogP contribution in [0.1, 0.15) is 19.4 Å². The molecule has 0 aliphatic rings. The molecule has 0 aliphatic heterocycles. The smallest absolute Gasteiger partial charge is 0.115 e. The minimum Gasteiger partial charge on any atom is -0.508 e. The standard InChI is InChI=1S/C11H16O2/c1-11(2,8-13-3)9-4-6-10(12)7-5-9/h4-7,12H,8H2,1-3H3. The number of phenolic OH excluding ortho intramolecular Hbond substituents is 1. The molecule has 0 spiro atoms. The van der Waals surface area contributed by atoms with Crippen molar-refractivity contribution in [3.05, 3.63) is 29.8 Å². The van der Waals surface area contributed by atoms with Crippen LogP contribution in [0.25, 0.3) is 0 Å². The van der Waals surface area contributed by atoms with Crippen LogP contribution in [0.2, 0.25) is 0 Å². The summed E-state index contributed by atoms with van der Waals surface area (Å²) in [4.78, 5) is 0. The third-order valence-corrected chi connectivity index (χ3v) is 2.15. The van der Waals surface area contributed by atoms with Gasteiger partial charge in [-0.05, 0) is 17.7 Å². The maximum atomic E-state index is 9.12. The number of rotatable bonds is 3. The first-order chi connectivity index (χ1) is 6.06. The summed E-state index contributed by atoms with van der Waals surface area (Å²) < 4.78 is 5.13. The Bertz CT molecular complexity index is 262. The van der Waals surface area contributed by atoms with Crippen LogP contribution in [0.15, 0.2) is 24.3 Å². The van der Waals surface area contributed by atoms with Crippen LogP contribution in [0, 0.1) is 0 Å². The van der Waals surface area contributed by atoms with Gasteiger partial charge in [0, 0.05) is 12.5 Å². The van der Waals surface area contributed by atoms with Crippen LogP contribution in [-0.4, -0.2) is 18.8 Å². The molecule has 0 amide bonds. The van der Waals surface area contributed by atoms with Crippen molar-refractivity contribution in [1.82, 2.24) is 0 Å². The van der Waals surface area contributed by atoms with Gasteiger partial charge in [0.05, 0.1) is 6.61 Å². The molecule has 0 radical (unpaired) electrons. The SMILES string of the molecule is COCC(C)(C)c1ccc(O)cc1. The molecule has 1 aromatic carbocycles. The van der Waals surface area contributed by atoms with Gasteiger partial charge in [0.2, 0.25) is 0 Å². The minimum atomic E-state index is 0.00243. The summed E-state index contributed by atoms with van der Waals surface area (Å²) in [6.45, 7) is 4.91. The molecule has 0 heterocycles. The second kappa shape index (κ2) is 3.79. The van der Waals surface area contributed by atoms with Gasteiger partial charge in [-0.1, -0.05) is 26.0 Å². The number of hydrogen-bond acceptors (Lipinski definition) is 2.